The summed E-state index contributed by atoms with van der Waals surface area (Å²) in [5.41, 5.74) is 3.48. The fourth-order valence-electron chi connectivity index (χ4n) is 4.41. The summed E-state index contributed by atoms with van der Waals surface area (Å²) in [6.45, 7) is 6.87. The highest BCUT2D eigenvalue weighted by Crippen LogP contribution is 2.38. The van der Waals surface area contributed by atoms with Gasteiger partial charge in [0.05, 0.1) is 12.0 Å². The maximum atomic E-state index is 13.0. The second kappa shape index (κ2) is 9.14. The quantitative estimate of drug-likeness (QED) is 0.534. The number of pyridine rings is 1. The number of carbonyl (C=O) groups excluding carboxylic acids is 2. The van der Waals surface area contributed by atoms with Gasteiger partial charge in [-0.1, -0.05) is 32.9 Å². The summed E-state index contributed by atoms with van der Waals surface area (Å²) in [5.74, 6) is -0.0740. The number of phenols is 1. The second-order valence-electron chi connectivity index (χ2n) is 9.82. The molecule has 0 saturated carbocycles. The number of benzene rings is 1. The number of methoxy groups -OCH3 is 1. The number of esters is 1. The Bertz CT molecular complexity index is 1180. The number of phenolic OH excluding ortho intramolecular Hbond substituents is 1. The third-order valence-corrected chi connectivity index (χ3v) is 7.53. The minimum atomic E-state index is -0.828. The highest BCUT2D eigenvalue weighted by Gasteiger charge is 2.30. The number of nitrogens with one attached hydrogen (secondary N) is 1. The van der Waals surface area contributed by atoms with E-state index in [2.05, 4.69) is 32.2 Å². The lowest BCUT2D eigenvalue weighted by Gasteiger charge is -2.34. The zero-order valence-electron chi connectivity index (χ0n) is 19.5. The van der Waals surface area contributed by atoms with Crippen LogP contribution in [0, 0.1) is 11.3 Å². The molecule has 33 heavy (non-hydrogen) atoms. The Labute approximate surface area is 198 Å². The van der Waals surface area contributed by atoms with E-state index >= 15 is 0 Å². The van der Waals surface area contributed by atoms with Crippen LogP contribution in [0.4, 0.5) is 0 Å². The van der Waals surface area contributed by atoms with E-state index in [0.717, 1.165) is 40.7 Å². The second-order valence-corrected chi connectivity index (χ2v) is 10.9. The summed E-state index contributed by atoms with van der Waals surface area (Å²) in [4.78, 5) is 31.6. The zero-order valence-corrected chi connectivity index (χ0v) is 20.3. The largest absolute Gasteiger partial charge is 0.508 e. The first-order valence-electron chi connectivity index (χ1n) is 11.2. The van der Waals surface area contributed by atoms with E-state index in [9.17, 15) is 14.7 Å². The number of nitrogens with zero attached hydrogens (tertiary/aromatic N) is 1. The molecule has 1 amide bonds. The maximum Gasteiger partial charge on any atom is 0.328 e. The standard InChI is InChI=1S/C26H30N2O4S/c1-26(2,3)18-7-10-20-16(13-18)12-17-14-22(33-24(17)28-20)23(30)27-21(25(31)32-4)11-15-5-8-19(29)9-6-15/h5-6,8-9,12,14,18,21,29H,7,10-11,13H2,1-4H3,(H,27,30)/t18?,21-/m0/s1. The number of amides is 1. The summed E-state index contributed by atoms with van der Waals surface area (Å²) in [6, 6.07) is 9.75. The van der Waals surface area contributed by atoms with E-state index in [1.54, 1.807) is 24.3 Å². The van der Waals surface area contributed by atoms with E-state index in [4.69, 9.17) is 9.72 Å². The Morgan fingerprint density at radius 2 is 1.97 bits per heavy atom. The SMILES string of the molecule is COC(=O)[C@H](Cc1ccc(O)cc1)NC(=O)c1cc2cc3c(nc2s1)CCC(C(C)(C)C)C3. The van der Waals surface area contributed by atoms with Gasteiger partial charge in [-0.05, 0) is 66.0 Å². The van der Waals surface area contributed by atoms with E-state index in [0.29, 0.717) is 10.8 Å². The molecule has 2 atom stereocenters. The van der Waals surface area contributed by atoms with E-state index in [1.807, 2.05) is 6.07 Å². The molecule has 2 N–H and O–H groups in total. The van der Waals surface area contributed by atoms with Gasteiger partial charge in [0, 0.05) is 17.5 Å². The van der Waals surface area contributed by atoms with Gasteiger partial charge in [0.25, 0.3) is 5.91 Å². The van der Waals surface area contributed by atoms with Crippen molar-refractivity contribution in [2.75, 3.05) is 7.11 Å². The molecule has 2 aromatic heterocycles. The average molecular weight is 467 g/mol. The van der Waals surface area contributed by atoms with Crippen LogP contribution in [0.1, 0.15) is 53.7 Å². The van der Waals surface area contributed by atoms with Crippen LogP contribution < -0.4 is 5.32 Å². The molecule has 3 aromatic rings. The van der Waals surface area contributed by atoms with Gasteiger partial charge in [-0.15, -0.1) is 11.3 Å². The molecule has 0 aliphatic heterocycles. The predicted molar refractivity (Wildman–Crippen MR) is 130 cm³/mol. The first kappa shape index (κ1) is 23.2. The van der Waals surface area contributed by atoms with Gasteiger partial charge in [-0.3, -0.25) is 4.79 Å². The van der Waals surface area contributed by atoms with Crippen molar-refractivity contribution in [2.24, 2.45) is 11.3 Å². The normalized spacial score (nSPS) is 16.8. The molecule has 1 unspecified atom stereocenters. The van der Waals surface area contributed by atoms with Crippen molar-refractivity contribution in [1.82, 2.24) is 10.3 Å². The van der Waals surface area contributed by atoms with E-state index in [-0.39, 0.29) is 23.5 Å². The molecule has 0 radical (unpaired) electrons. The minimum Gasteiger partial charge on any atom is -0.508 e. The van der Waals surface area contributed by atoms with Crippen molar-refractivity contribution in [3.8, 4) is 5.75 Å². The summed E-state index contributed by atoms with van der Waals surface area (Å²) in [5, 5.41) is 13.3. The number of ether oxygens (including phenoxy) is 1. The number of carbonyl (C=O) groups is 2. The molecule has 1 aliphatic carbocycles. The fourth-order valence-corrected chi connectivity index (χ4v) is 5.34. The van der Waals surface area contributed by atoms with Crippen molar-refractivity contribution in [1.29, 1.82) is 0 Å². The average Bonchev–Trinajstić information content (AvgIpc) is 3.19. The Kier molecular flexibility index (Phi) is 6.43. The van der Waals surface area contributed by atoms with Crippen LogP contribution in [0.2, 0.25) is 0 Å². The van der Waals surface area contributed by atoms with Crippen molar-refractivity contribution < 1.29 is 19.4 Å². The molecular weight excluding hydrogens is 436 g/mol. The lowest BCUT2D eigenvalue weighted by atomic mass is 9.71. The lowest BCUT2D eigenvalue weighted by molar-refractivity contribution is -0.142. The molecule has 0 fully saturated rings. The molecule has 0 bridgehead atoms. The first-order valence-corrected chi connectivity index (χ1v) is 12.0. The summed E-state index contributed by atoms with van der Waals surface area (Å²) >= 11 is 1.35. The Morgan fingerprint density at radius 3 is 2.64 bits per heavy atom. The molecule has 0 saturated heterocycles. The maximum absolute atomic E-state index is 13.0. The van der Waals surface area contributed by atoms with E-state index in [1.165, 1.54) is 24.0 Å². The van der Waals surface area contributed by atoms with Crippen molar-refractivity contribution in [3.05, 3.63) is 58.1 Å². The topological polar surface area (TPSA) is 88.5 Å². The molecule has 1 aliphatic rings. The molecule has 4 rings (SSSR count). The summed E-state index contributed by atoms with van der Waals surface area (Å²) in [6.07, 6.45) is 3.37. The third kappa shape index (κ3) is 5.19. The smallest absolute Gasteiger partial charge is 0.328 e. The van der Waals surface area contributed by atoms with Crippen LogP contribution >= 0.6 is 11.3 Å². The van der Waals surface area contributed by atoms with Gasteiger partial charge in [-0.25, -0.2) is 9.78 Å². The third-order valence-electron chi connectivity index (χ3n) is 6.49. The van der Waals surface area contributed by atoms with Crippen LogP contribution in [-0.2, 0) is 28.8 Å². The van der Waals surface area contributed by atoms with Crippen LogP contribution in [0.15, 0.2) is 36.4 Å². The monoisotopic (exact) mass is 466 g/mol. The number of hydrogen-bond acceptors (Lipinski definition) is 6. The number of thiophene rings is 1. The lowest BCUT2D eigenvalue weighted by Crippen LogP contribution is -2.42. The number of fused-ring (bicyclic) bond motifs is 2. The molecule has 1 aromatic carbocycles. The Hall–Kier alpha value is -2.93. The molecule has 6 nitrogen and oxygen atoms in total. The van der Waals surface area contributed by atoms with E-state index < -0.39 is 12.0 Å². The van der Waals surface area contributed by atoms with Gasteiger partial charge in [0.2, 0.25) is 0 Å². The van der Waals surface area contributed by atoms with Gasteiger partial charge < -0.3 is 15.2 Å². The molecule has 174 valence electrons. The first-order chi connectivity index (χ1) is 15.6. The van der Waals surface area contributed by atoms with Crippen LogP contribution in [0.25, 0.3) is 10.2 Å². The van der Waals surface area contributed by atoms with Crippen molar-refractivity contribution in [2.45, 2.75) is 52.5 Å². The minimum absolute atomic E-state index is 0.145. The zero-order chi connectivity index (χ0) is 23.8. The highest BCUT2D eigenvalue weighted by atomic mass is 32.1. The number of rotatable bonds is 5. The van der Waals surface area contributed by atoms with Crippen molar-refractivity contribution in [3.63, 3.8) is 0 Å². The number of aromatic hydroxyl groups is 1. The predicted octanol–water partition coefficient (Wildman–Crippen LogP) is 4.67. The number of aryl methyl sites for hydroxylation is 1. The Morgan fingerprint density at radius 1 is 1.24 bits per heavy atom. The van der Waals surface area contributed by atoms with Gasteiger partial charge >= 0.3 is 5.97 Å². The van der Waals surface area contributed by atoms with Crippen LogP contribution in [-0.4, -0.2) is 35.1 Å². The van der Waals surface area contributed by atoms with Crippen LogP contribution in [0.3, 0.4) is 0 Å². The van der Waals surface area contributed by atoms with Crippen LogP contribution in [0.5, 0.6) is 5.75 Å². The molecule has 0 spiro atoms. The number of hydrogen-bond donors (Lipinski definition) is 2. The van der Waals surface area contributed by atoms with Gasteiger partial charge in [0.1, 0.15) is 16.6 Å². The van der Waals surface area contributed by atoms with Gasteiger partial charge in [-0.2, -0.15) is 0 Å². The Balaban J connectivity index is 1.54. The number of aromatic nitrogens is 1. The van der Waals surface area contributed by atoms with Crippen molar-refractivity contribution >= 4 is 33.4 Å². The van der Waals surface area contributed by atoms with Gasteiger partial charge in [0.15, 0.2) is 0 Å². The highest BCUT2D eigenvalue weighted by molar-refractivity contribution is 7.20. The molecule has 7 heteroatoms. The molecular formula is C26H30N2O4S. The molecule has 2 heterocycles. The summed E-state index contributed by atoms with van der Waals surface area (Å²) < 4.78 is 4.90. The fraction of sp³-hybridized carbons (Fsp3) is 0.423. The summed E-state index contributed by atoms with van der Waals surface area (Å²) in [7, 11) is 1.30.